The quantitative estimate of drug-likeness (QED) is 0.794. The summed E-state index contributed by atoms with van der Waals surface area (Å²) in [6, 6.07) is 6.95. The Hall–Kier alpha value is -1.27. The first-order chi connectivity index (χ1) is 9.90. The van der Waals surface area contributed by atoms with Crippen molar-refractivity contribution in [3.63, 3.8) is 0 Å². The van der Waals surface area contributed by atoms with Gasteiger partial charge in [0.25, 0.3) is 0 Å². The van der Waals surface area contributed by atoms with Crippen LogP contribution in [0.2, 0.25) is 0 Å². The molecule has 0 heterocycles. The number of likely N-dealkylation sites (N-methyl/N-ethyl adjacent to an activating group) is 1. The topological polar surface area (TPSA) is 30.5 Å². The second-order valence-corrected chi connectivity index (χ2v) is 4.60. The molecule has 0 radical (unpaired) electrons. The minimum atomic E-state index is -4.35. The lowest BCUT2D eigenvalue weighted by atomic mass is 10.1. The van der Waals surface area contributed by atoms with Gasteiger partial charge in [-0.15, -0.1) is 0 Å². The van der Waals surface area contributed by atoms with Gasteiger partial charge in [-0.2, -0.15) is 13.2 Å². The molecular formula is C15H22F3NO2. The second kappa shape index (κ2) is 8.24. The highest BCUT2D eigenvalue weighted by Crippen LogP contribution is 2.28. The monoisotopic (exact) mass is 305 g/mol. The van der Waals surface area contributed by atoms with Crippen LogP contribution in [0.5, 0.6) is 5.75 Å². The lowest BCUT2D eigenvalue weighted by molar-refractivity contribution is -0.215. The van der Waals surface area contributed by atoms with E-state index < -0.39 is 12.3 Å². The van der Waals surface area contributed by atoms with Crippen molar-refractivity contribution in [2.45, 2.75) is 39.1 Å². The highest BCUT2D eigenvalue weighted by Gasteiger charge is 2.37. The maximum Gasteiger partial charge on any atom is 0.414 e. The zero-order valence-electron chi connectivity index (χ0n) is 12.5. The number of halogens is 3. The van der Waals surface area contributed by atoms with Gasteiger partial charge in [-0.25, -0.2) is 0 Å². The van der Waals surface area contributed by atoms with E-state index in [0.717, 1.165) is 12.5 Å². The molecule has 0 aliphatic heterocycles. The number of para-hydroxylation sites is 1. The van der Waals surface area contributed by atoms with Crippen molar-refractivity contribution in [1.29, 1.82) is 0 Å². The van der Waals surface area contributed by atoms with Crippen molar-refractivity contribution in [2.75, 3.05) is 19.8 Å². The number of hydrogen-bond donors (Lipinski definition) is 1. The van der Waals surface area contributed by atoms with E-state index in [1.807, 2.05) is 32.0 Å². The van der Waals surface area contributed by atoms with Crippen LogP contribution in [0.25, 0.3) is 0 Å². The third-order valence-corrected chi connectivity index (χ3v) is 3.02. The molecule has 0 aromatic heterocycles. The lowest BCUT2D eigenvalue weighted by Gasteiger charge is -2.24. The third kappa shape index (κ3) is 5.55. The smallest absolute Gasteiger partial charge is 0.414 e. The van der Waals surface area contributed by atoms with E-state index in [9.17, 15) is 13.2 Å². The number of rotatable bonds is 8. The van der Waals surface area contributed by atoms with Gasteiger partial charge in [0.2, 0.25) is 0 Å². The van der Waals surface area contributed by atoms with Crippen LogP contribution < -0.4 is 10.1 Å². The Labute approximate surface area is 123 Å². The second-order valence-electron chi connectivity index (χ2n) is 4.60. The summed E-state index contributed by atoms with van der Waals surface area (Å²) < 4.78 is 48.0. The first-order valence-electron chi connectivity index (χ1n) is 7.03. The first-order valence-corrected chi connectivity index (χ1v) is 7.03. The molecule has 0 saturated carbocycles. The molecule has 0 bridgehead atoms. The fourth-order valence-electron chi connectivity index (χ4n) is 1.90. The Kier molecular flexibility index (Phi) is 6.98. The fraction of sp³-hybridized carbons (Fsp3) is 0.600. The largest absolute Gasteiger partial charge is 0.494 e. The summed E-state index contributed by atoms with van der Waals surface area (Å²) in [4.78, 5) is 0. The van der Waals surface area contributed by atoms with E-state index in [0.29, 0.717) is 18.9 Å². The zero-order valence-corrected chi connectivity index (χ0v) is 12.5. The molecular weight excluding hydrogens is 283 g/mol. The molecule has 6 heteroatoms. The summed E-state index contributed by atoms with van der Waals surface area (Å²) >= 11 is 0. The van der Waals surface area contributed by atoms with Crippen molar-refractivity contribution in [3.05, 3.63) is 29.8 Å². The van der Waals surface area contributed by atoms with Crippen LogP contribution in [-0.2, 0) is 4.74 Å². The van der Waals surface area contributed by atoms with Crippen LogP contribution in [0.3, 0.4) is 0 Å². The van der Waals surface area contributed by atoms with Crippen LogP contribution in [-0.4, -0.2) is 32.0 Å². The van der Waals surface area contributed by atoms with Gasteiger partial charge < -0.3 is 14.8 Å². The van der Waals surface area contributed by atoms with Crippen molar-refractivity contribution < 1.29 is 22.6 Å². The average molecular weight is 305 g/mol. The predicted molar refractivity (Wildman–Crippen MR) is 75.5 cm³/mol. The van der Waals surface area contributed by atoms with E-state index in [-0.39, 0.29) is 12.6 Å². The van der Waals surface area contributed by atoms with Crippen molar-refractivity contribution >= 4 is 0 Å². The van der Waals surface area contributed by atoms with Crippen molar-refractivity contribution in [1.82, 2.24) is 5.32 Å². The molecule has 2 atom stereocenters. The zero-order chi connectivity index (χ0) is 15.9. The molecule has 0 fully saturated rings. The molecule has 1 N–H and O–H groups in total. The minimum absolute atomic E-state index is 0.0708. The van der Waals surface area contributed by atoms with Gasteiger partial charge in [0.05, 0.1) is 19.3 Å². The molecule has 2 unspecified atom stereocenters. The minimum Gasteiger partial charge on any atom is -0.494 e. The van der Waals surface area contributed by atoms with Crippen LogP contribution in [0.4, 0.5) is 13.2 Å². The number of hydrogen-bond acceptors (Lipinski definition) is 3. The number of benzene rings is 1. The Morgan fingerprint density at radius 1 is 1.19 bits per heavy atom. The van der Waals surface area contributed by atoms with Gasteiger partial charge in [-0.1, -0.05) is 25.1 Å². The summed E-state index contributed by atoms with van der Waals surface area (Å²) in [7, 11) is 0. The van der Waals surface area contributed by atoms with E-state index in [2.05, 4.69) is 5.32 Å². The van der Waals surface area contributed by atoms with E-state index in [1.54, 1.807) is 6.07 Å². The fourth-order valence-corrected chi connectivity index (χ4v) is 1.90. The van der Waals surface area contributed by atoms with Gasteiger partial charge in [0.1, 0.15) is 5.75 Å². The van der Waals surface area contributed by atoms with Crippen molar-refractivity contribution in [3.8, 4) is 5.75 Å². The van der Waals surface area contributed by atoms with Crippen LogP contribution in [0.1, 0.15) is 32.4 Å². The summed E-state index contributed by atoms with van der Waals surface area (Å²) in [6.45, 7) is 5.81. The molecule has 0 aliphatic carbocycles. The highest BCUT2D eigenvalue weighted by molar-refractivity contribution is 5.36. The summed E-state index contributed by atoms with van der Waals surface area (Å²) in [5.74, 6) is 0.661. The van der Waals surface area contributed by atoms with E-state index >= 15 is 0 Å². The Morgan fingerprint density at radius 2 is 1.86 bits per heavy atom. The molecule has 0 spiro atoms. The molecule has 1 aromatic rings. The number of nitrogens with one attached hydrogen (secondary N) is 1. The van der Waals surface area contributed by atoms with E-state index in [4.69, 9.17) is 9.47 Å². The Morgan fingerprint density at radius 3 is 2.43 bits per heavy atom. The molecule has 3 nitrogen and oxygen atoms in total. The molecule has 1 rings (SSSR count). The number of alkyl halides is 3. The Bertz CT molecular complexity index is 424. The molecule has 0 amide bonds. The highest BCUT2D eigenvalue weighted by atomic mass is 19.4. The number of ether oxygens (including phenoxy) is 2. The molecule has 21 heavy (non-hydrogen) atoms. The summed E-state index contributed by atoms with van der Waals surface area (Å²) in [6.07, 6.45) is -6.14. The molecule has 1 aromatic carbocycles. The van der Waals surface area contributed by atoms with Gasteiger partial charge >= 0.3 is 6.18 Å². The maximum absolute atomic E-state index is 12.5. The molecule has 0 aliphatic rings. The van der Waals surface area contributed by atoms with Gasteiger partial charge in [-0.05, 0) is 26.5 Å². The normalized spacial score (nSPS) is 14.8. The van der Waals surface area contributed by atoms with Crippen molar-refractivity contribution in [2.24, 2.45) is 0 Å². The maximum atomic E-state index is 12.5. The standard InChI is InChI=1S/C15H22F3NO2/c1-4-19-13(10-21-11(3)15(16,17)18)12-8-6-7-9-14(12)20-5-2/h6-9,11,13,19H,4-5,10H2,1-3H3. The third-order valence-electron chi connectivity index (χ3n) is 3.02. The Balaban J connectivity index is 2.82. The predicted octanol–water partition coefficient (Wildman–Crippen LogP) is 3.70. The first kappa shape index (κ1) is 17.8. The van der Waals surface area contributed by atoms with Crippen LogP contribution in [0, 0.1) is 0 Å². The molecule has 120 valence electrons. The van der Waals surface area contributed by atoms with Gasteiger partial charge in [0, 0.05) is 5.56 Å². The van der Waals surface area contributed by atoms with Crippen LogP contribution in [0.15, 0.2) is 24.3 Å². The average Bonchev–Trinajstić information content (AvgIpc) is 2.43. The van der Waals surface area contributed by atoms with E-state index in [1.165, 1.54) is 0 Å². The summed E-state index contributed by atoms with van der Waals surface area (Å²) in [5.41, 5.74) is 0.801. The molecule has 0 saturated heterocycles. The SMILES string of the molecule is CCNC(COC(C)C(F)(F)F)c1ccccc1OCC. The van der Waals surface area contributed by atoms with Crippen LogP contribution >= 0.6 is 0 Å². The summed E-state index contributed by atoms with van der Waals surface area (Å²) in [5, 5.41) is 3.13. The lowest BCUT2D eigenvalue weighted by Crippen LogP contribution is -2.33. The van der Waals surface area contributed by atoms with Gasteiger partial charge in [0.15, 0.2) is 6.10 Å². The van der Waals surface area contributed by atoms with Gasteiger partial charge in [-0.3, -0.25) is 0 Å².